The van der Waals surface area contributed by atoms with Crippen molar-refractivity contribution in [3.05, 3.63) is 42.7 Å². The van der Waals surface area contributed by atoms with Crippen LogP contribution < -0.4 is 21.3 Å². The van der Waals surface area contributed by atoms with E-state index in [0.29, 0.717) is 18.5 Å². The van der Waals surface area contributed by atoms with Crippen LogP contribution in [0.5, 0.6) is 0 Å². The van der Waals surface area contributed by atoms with Crippen LogP contribution in [0.15, 0.2) is 37.2 Å². The summed E-state index contributed by atoms with van der Waals surface area (Å²) >= 11 is 0. The summed E-state index contributed by atoms with van der Waals surface area (Å²) in [6.45, 7) is 18.9. The van der Waals surface area contributed by atoms with Crippen LogP contribution in [0, 0.1) is 28.6 Å². The second kappa shape index (κ2) is 14.6. The number of ketones is 2. The van der Waals surface area contributed by atoms with E-state index in [0.717, 1.165) is 0 Å². The Labute approximate surface area is 271 Å². The molecule has 2 aliphatic rings. The minimum atomic E-state index is -1.05. The fourth-order valence-electron chi connectivity index (χ4n) is 6.39. The predicted molar refractivity (Wildman–Crippen MR) is 173 cm³/mol. The maximum absolute atomic E-state index is 14.3. The first-order chi connectivity index (χ1) is 21.5. The Balaban J connectivity index is 1.82. The molecule has 1 unspecified atom stereocenters. The van der Waals surface area contributed by atoms with E-state index >= 15 is 0 Å². The largest absolute Gasteiger partial charge is 0.346 e. The van der Waals surface area contributed by atoms with Gasteiger partial charge >= 0.3 is 6.03 Å². The summed E-state index contributed by atoms with van der Waals surface area (Å²) in [5, 5.41) is 10.8. The normalized spacial score (nSPS) is 21.7. The summed E-state index contributed by atoms with van der Waals surface area (Å²) in [5.41, 5.74) is -0.609. The number of nitrogens with one attached hydrogen (secondary N) is 4. The SMILES string of the molecule is C=CCNC(=O)C(=O)C(CCC)NC(=O)[C@@H]1[C@@H]2[C@H](CN1C(=O)[C@@H](NC(=O)N[C@H](C(=O)c1cccnc1)C(C)C)C(C)(C)C)C2(C)C. The zero-order valence-corrected chi connectivity index (χ0v) is 28.3. The van der Waals surface area contributed by atoms with Crippen molar-refractivity contribution in [1.29, 1.82) is 0 Å². The number of piperidine rings is 1. The van der Waals surface area contributed by atoms with E-state index in [1.807, 2.05) is 55.4 Å². The zero-order valence-electron chi connectivity index (χ0n) is 28.3. The van der Waals surface area contributed by atoms with Crippen LogP contribution in [-0.4, -0.2) is 82.5 Å². The molecule has 12 heteroatoms. The van der Waals surface area contributed by atoms with Gasteiger partial charge in [0.05, 0.1) is 12.1 Å². The Kier molecular flexibility index (Phi) is 11.5. The maximum Gasteiger partial charge on any atom is 0.316 e. The molecule has 1 aromatic rings. The fraction of sp³-hybridized carbons (Fsp3) is 0.618. The number of carbonyl (C=O) groups is 6. The van der Waals surface area contributed by atoms with E-state index in [2.05, 4.69) is 32.8 Å². The fourth-order valence-corrected chi connectivity index (χ4v) is 6.39. The molecule has 46 heavy (non-hydrogen) atoms. The second-order valence-electron chi connectivity index (χ2n) is 14.3. The van der Waals surface area contributed by atoms with Gasteiger partial charge in [0.25, 0.3) is 5.91 Å². The van der Waals surface area contributed by atoms with Crippen molar-refractivity contribution in [2.24, 2.45) is 28.6 Å². The van der Waals surface area contributed by atoms with Crippen molar-refractivity contribution < 1.29 is 28.8 Å². The lowest BCUT2D eigenvalue weighted by atomic mass is 9.85. The molecule has 0 spiro atoms. The van der Waals surface area contributed by atoms with Crippen LogP contribution >= 0.6 is 0 Å². The van der Waals surface area contributed by atoms with E-state index in [9.17, 15) is 28.8 Å². The van der Waals surface area contributed by atoms with Gasteiger partial charge in [-0.2, -0.15) is 0 Å². The number of fused-ring (bicyclic) bond motifs is 1. The van der Waals surface area contributed by atoms with Crippen molar-refractivity contribution in [2.75, 3.05) is 13.1 Å². The predicted octanol–water partition coefficient (Wildman–Crippen LogP) is 2.64. The van der Waals surface area contributed by atoms with Gasteiger partial charge in [0, 0.05) is 31.0 Å². The standard InChI is InChI=1S/C34H50N6O6/c1-10-13-22(27(42)30(44)36-15-11-2)37-29(43)25-23-21(34(23,8)9)18-40(25)31(45)28(33(5,6)7)39-32(46)38-24(19(3)4)26(41)20-14-12-16-35-17-20/h11-12,14,16-17,19,21-25,28H,2,10,13,15,18H2,1,3-9H3,(H,36,44)(H,37,43)(H2,38,39,46)/t21-,22?,23-,24-,25-,28+/m0/s1. The molecule has 12 nitrogen and oxygen atoms in total. The lowest BCUT2D eigenvalue weighted by molar-refractivity contribution is -0.145. The van der Waals surface area contributed by atoms with Gasteiger partial charge in [-0.25, -0.2) is 4.79 Å². The Bertz CT molecular complexity index is 1340. The summed E-state index contributed by atoms with van der Waals surface area (Å²) < 4.78 is 0. The monoisotopic (exact) mass is 638 g/mol. The molecule has 1 aliphatic heterocycles. The van der Waals surface area contributed by atoms with E-state index in [4.69, 9.17) is 0 Å². The van der Waals surface area contributed by atoms with Gasteiger partial charge in [-0.3, -0.25) is 29.0 Å². The van der Waals surface area contributed by atoms with Crippen LogP contribution in [0.2, 0.25) is 0 Å². The maximum atomic E-state index is 14.3. The van der Waals surface area contributed by atoms with Crippen molar-refractivity contribution >= 4 is 35.3 Å². The number of urea groups is 1. The van der Waals surface area contributed by atoms with Crippen LogP contribution in [0.1, 0.15) is 78.6 Å². The van der Waals surface area contributed by atoms with Gasteiger partial charge in [0.15, 0.2) is 5.78 Å². The lowest BCUT2D eigenvalue weighted by Crippen LogP contribution is -2.62. The highest BCUT2D eigenvalue weighted by Crippen LogP contribution is 2.65. The van der Waals surface area contributed by atoms with E-state index in [1.165, 1.54) is 17.2 Å². The van der Waals surface area contributed by atoms with Crippen LogP contribution in [0.4, 0.5) is 4.79 Å². The number of hydrogen-bond donors (Lipinski definition) is 4. The van der Waals surface area contributed by atoms with Crippen LogP contribution in [-0.2, 0) is 19.2 Å². The topological polar surface area (TPSA) is 167 Å². The highest BCUT2D eigenvalue weighted by molar-refractivity contribution is 6.38. The highest BCUT2D eigenvalue weighted by atomic mass is 16.2. The summed E-state index contributed by atoms with van der Waals surface area (Å²) in [6, 6.07) is -1.25. The van der Waals surface area contributed by atoms with Gasteiger partial charge in [0.1, 0.15) is 12.1 Å². The number of amides is 5. The molecule has 6 atom stereocenters. The second-order valence-corrected chi connectivity index (χ2v) is 14.3. The number of carbonyl (C=O) groups excluding carboxylic acids is 6. The summed E-state index contributed by atoms with van der Waals surface area (Å²) in [5.74, 6) is -3.16. The number of nitrogens with zero attached hydrogens (tertiary/aromatic N) is 2. The smallest absolute Gasteiger partial charge is 0.316 e. The average Bonchev–Trinajstić information content (AvgIpc) is 3.30. The summed E-state index contributed by atoms with van der Waals surface area (Å²) in [7, 11) is 0. The third kappa shape index (κ3) is 8.00. The van der Waals surface area contributed by atoms with E-state index in [-0.39, 0.29) is 41.9 Å². The van der Waals surface area contributed by atoms with E-state index < -0.39 is 59.1 Å². The van der Waals surface area contributed by atoms with Crippen LogP contribution in [0.25, 0.3) is 0 Å². The van der Waals surface area contributed by atoms with Crippen LogP contribution in [0.3, 0.4) is 0 Å². The minimum Gasteiger partial charge on any atom is -0.346 e. The third-order valence-corrected chi connectivity index (χ3v) is 9.17. The number of aromatic nitrogens is 1. The molecule has 1 saturated carbocycles. The zero-order chi connectivity index (χ0) is 34.6. The summed E-state index contributed by atoms with van der Waals surface area (Å²) in [4.78, 5) is 85.6. The molecule has 252 valence electrons. The molecule has 3 rings (SSSR count). The molecule has 0 radical (unpaired) electrons. The average molecular weight is 639 g/mol. The number of Topliss-reactive ketones (excluding diaryl/α,β-unsaturated/α-hetero) is 2. The Morgan fingerprint density at radius 3 is 2.33 bits per heavy atom. The molecule has 0 bridgehead atoms. The minimum absolute atomic E-state index is 0.0558. The molecule has 2 heterocycles. The van der Waals surface area contributed by atoms with Gasteiger partial charge in [-0.15, -0.1) is 6.58 Å². The van der Waals surface area contributed by atoms with Gasteiger partial charge < -0.3 is 26.2 Å². The molecule has 1 aromatic heterocycles. The number of rotatable bonds is 14. The molecule has 1 aliphatic carbocycles. The van der Waals surface area contributed by atoms with Gasteiger partial charge in [-0.1, -0.05) is 67.9 Å². The quantitative estimate of drug-likeness (QED) is 0.138. The molecule has 4 N–H and O–H groups in total. The van der Waals surface area contributed by atoms with Crippen molar-refractivity contribution in [1.82, 2.24) is 31.2 Å². The molecule has 5 amide bonds. The molecular formula is C34H50N6O6. The van der Waals surface area contributed by atoms with Crippen molar-refractivity contribution in [3.8, 4) is 0 Å². The Morgan fingerprint density at radius 2 is 1.78 bits per heavy atom. The molecule has 0 aromatic carbocycles. The lowest BCUT2D eigenvalue weighted by Gasteiger charge is -2.38. The van der Waals surface area contributed by atoms with E-state index in [1.54, 1.807) is 18.3 Å². The number of pyridine rings is 1. The molecule has 1 saturated heterocycles. The highest BCUT2D eigenvalue weighted by Gasteiger charge is 2.70. The molecular weight excluding hydrogens is 588 g/mol. The number of hydrogen-bond acceptors (Lipinski definition) is 7. The number of likely N-dealkylation sites (tertiary alicyclic amines) is 1. The van der Waals surface area contributed by atoms with Gasteiger partial charge in [0.2, 0.25) is 17.6 Å². The Morgan fingerprint density at radius 1 is 1.11 bits per heavy atom. The van der Waals surface area contributed by atoms with Crippen molar-refractivity contribution in [3.63, 3.8) is 0 Å². The first-order valence-electron chi connectivity index (χ1n) is 16.0. The third-order valence-electron chi connectivity index (χ3n) is 9.17. The first-order valence-corrected chi connectivity index (χ1v) is 16.0. The first kappa shape index (κ1) is 36.4. The summed E-state index contributed by atoms with van der Waals surface area (Å²) in [6.07, 6.45) is 5.25. The van der Waals surface area contributed by atoms with Crippen molar-refractivity contribution in [2.45, 2.75) is 92.4 Å². The molecule has 2 fully saturated rings. The Hall–Kier alpha value is -4.09. The van der Waals surface area contributed by atoms with Gasteiger partial charge in [-0.05, 0) is 47.1 Å².